The molecule has 0 aromatic heterocycles. The molecule has 2 saturated carbocycles. The van der Waals surface area contributed by atoms with Crippen LogP contribution in [0.4, 0.5) is 0 Å². The van der Waals surface area contributed by atoms with Crippen molar-refractivity contribution in [2.24, 2.45) is 5.92 Å². The summed E-state index contributed by atoms with van der Waals surface area (Å²) in [6.07, 6.45) is 4.72. The highest BCUT2D eigenvalue weighted by Gasteiger charge is 2.57. The van der Waals surface area contributed by atoms with Crippen molar-refractivity contribution in [2.45, 2.75) is 37.2 Å². The van der Waals surface area contributed by atoms with Crippen molar-refractivity contribution in [1.29, 1.82) is 0 Å². The maximum Gasteiger partial charge on any atom is 0.0642 e. The van der Waals surface area contributed by atoms with E-state index in [0.29, 0.717) is 0 Å². The van der Waals surface area contributed by atoms with Gasteiger partial charge >= 0.3 is 0 Å². The van der Waals surface area contributed by atoms with Gasteiger partial charge in [0, 0.05) is 5.41 Å². The molecule has 0 bridgehead atoms. The van der Waals surface area contributed by atoms with E-state index >= 15 is 0 Å². The third kappa shape index (κ3) is 0.885. The summed E-state index contributed by atoms with van der Waals surface area (Å²) < 4.78 is 0. The molecule has 1 nitrogen and oxygen atoms in total. The number of hydrogen-bond donors (Lipinski definition) is 1. The van der Waals surface area contributed by atoms with Crippen molar-refractivity contribution in [1.82, 2.24) is 0 Å². The van der Waals surface area contributed by atoms with Crippen molar-refractivity contribution < 1.29 is 5.11 Å². The Bertz CT molecular complexity index is 332. The Labute approximate surface area is 84.8 Å². The van der Waals surface area contributed by atoms with E-state index in [1.165, 1.54) is 24.8 Å². The molecule has 1 aromatic rings. The molecule has 2 fully saturated rings. The number of aliphatic hydroxyl groups is 1. The van der Waals surface area contributed by atoms with Gasteiger partial charge in [-0.3, -0.25) is 0 Å². The van der Waals surface area contributed by atoms with Crippen molar-refractivity contribution in [2.75, 3.05) is 0 Å². The van der Waals surface area contributed by atoms with Gasteiger partial charge in [0.15, 0.2) is 0 Å². The third-order valence-electron chi connectivity index (χ3n) is 4.29. The predicted octanol–water partition coefficient (Wildman–Crippen LogP) is 2.49. The van der Waals surface area contributed by atoms with Gasteiger partial charge in [0.2, 0.25) is 0 Å². The summed E-state index contributed by atoms with van der Waals surface area (Å²) in [6, 6.07) is 10.6. The molecule has 74 valence electrons. The van der Waals surface area contributed by atoms with Crippen molar-refractivity contribution in [3.63, 3.8) is 0 Å². The summed E-state index contributed by atoms with van der Waals surface area (Å²) in [4.78, 5) is 0. The minimum Gasteiger partial charge on any atom is -0.392 e. The Morgan fingerprint density at radius 3 is 2.64 bits per heavy atom. The molecular formula is C13H16O. The SMILES string of the molecule is OC1CC2CCCC12c1ccccc1. The summed E-state index contributed by atoms with van der Waals surface area (Å²) in [5.41, 5.74) is 1.50. The van der Waals surface area contributed by atoms with Gasteiger partial charge < -0.3 is 5.11 Å². The zero-order valence-corrected chi connectivity index (χ0v) is 8.32. The maximum absolute atomic E-state index is 10.0. The Balaban J connectivity index is 2.03. The molecule has 1 N–H and O–H groups in total. The highest BCUT2D eigenvalue weighted by Crippen LogP contribution is 2.58. The fourth-order valence-corrected chi connectivity index (χ4v) is 3.51. The quantitative estimate of drug-likeness (QED) is 0.718. The first-order chi connectivity index (χ1) is 6.84. The minimum absolute atomic E-state index is 0.0857. The van der Waals surface area contributed by atoms with Crippen LogP contribution in [0.15, 0.2) is 30.3 Å². The van der Waals surface area contributed by atoms with E-state index in [2.05, 4.69) is 30.3 Å². The molecular weight excluding hydrogens is 172 g/mol. The Morgan fingerprint density at radius 1 is 1.21 bits per heavy atom. The Hall–Kier alpha value is -0.820. The van der Waals surface area contributed by atoms with E-state index in [9.17, 15) is 5.11 Å². The molecule has 2 aliphatic rings. The number of benzene rings is 1. The average Bonchev–Trinajstić information content (AvgIpc) is 2.57. The van der Waals surface area contributed by atoms with Gasteiger partial charge in [-0.25, -0.2) is 0 Å². The average molecular weight is 188 g/mol. The minimum atomic E-state index is -0.0857. The Morgan fingerprint density at radius 2 is 2.00 bits per heavy atom. The topological polar surface area (TPSA) is 20.2 Å². The second-order valence-electron chi connectivity index (χ2n) is 4.75. The molecule has 0 amide bonds. The molecule has 1 aromatic carbocycles. The van der Waals surface area contributed by atoms with Crippen LogP contribution in [0.2, 0.25) is 0 Å². The van der Waals surface area contributed by atoms with Crippen LogP contribution in [0.5, 0.6) is 0 Å². The van der Waals surface area contributed by atoms with Crippen LogP contribution in [-0.2, 0) is 5.41 Å². The molecule has 0 saturated heterocycles. The normalized spacial score (nSPS) is 40.4. The number of aliphatic hydroxyl groups excluding tert-OH is 1. The maximum atomic E-state index is 10.0. The summed E-state index contributed by atoms with van der Waals surface area (Å²) in [7, 11) is 0. The van der Waals surface area contributed by atoms with Gasteiger partial charge in [-0.05, 0) is 30.7 Å². The molecule has 2 aliphatic carbocycles. The van der Waals surface area contributed by atoms with Gasteiger partial charge in [0.25, 0.3) is 0 Å². The third-order valence-corrected chi connectivity index (χ3v) is 4.29. The van der Waals surface area contributed by atoms with Gasteiger partial charge in [-0.2, -0.15) is 0 Å². The van der Waals surface area contributed by atoms with Crippen molar-refractivity contribution in [3.8, 4) is 0 Å². The summed E-state index contributed by atoms with van der Waals surface area (Å²) in [6.45, 7) is 0. The zero-order valence-electron chi connectivity index (χ0n) is 8.32. The molecule has 0 aliphatic heterocycles. The second kappa shape index (κ2) is 2.83. The highest BCUT2D eigenvalue weighted by atomic mass is 16.3. The summed E-state index contributed by atoms with van der Waals surface area (Å²) in [5, 5.41) is 10.0. The summed E-state index contributed by atoms with van der Waals surface area (Å²) in [5.74, 6) is 0.750. The monoisotopic (exact) mass is 188 g/mol. The Kier molecular flexibility index (Phi) is 1.72. The molecule has 0 radical (unpaired) electrons. The van der Waals surface area contributed by atoms with E-state index in [1.54, 1.807) is 0 Å². The first kappa shape index (κ1) is 8.49. The molecule has 0 heterocycles. The fourth-order valence-electron chi connectivity index (χ4n) is 3.51. The van der Waals surface area contributed by atoms with E-state index in [1.807, 2.05) is 0 Å². The van der Waals surface area contributed by atoms with Crippen LogP contribution in [0.25, 0.3) is 0 Å². The van der Waals surface area contributed by atoms with Crippen molar-refractivity contribution >= 4 is 0 Å². The highest BCUT2D eigenvalue weighted by molar-refractivity contribution is 5.33. The molecule has 3 unspecified atom stereocenters. The van der Waals surface area contributed by atoms with Crippen LogP contribution < -0.4 is 0 Å². The standard InChI is InChI=1S/C13H16O/c14-12-9-11-7-4-8-13(11,12)10-5-2-1-3-6-10/h1-3,5-6,11-12,14H,4,7-9H2. The molecule has 1 heteroatoms. The van der Waals surface area contributed by atoms with Crippen LogP contribution in [0.3, 0.4) is 0 Å². The molecule has 14 heavy (non-hydrogen) atoms. The lowest BCUT2D eigenvalue weighted by Crippen LogP contribution is -2.53. The van der Waals surface area contributed by atoms with Crippen LogP contribution in [0.1, 0.15) is 31.2 Å². The fraction of sp³-hybridized carbons (Fsp3) is 0.538. The number of fused-ring (bicyclic) bond motifs is 1. The van der Waals surface area contributed by atoms with Crippen molar-refractivity contribution in [3.05, 3.63) is 35.9 Å². The van der Waals surface area contributed by atoms with E-state index < -0.39 is 0 Å². The van der Waals surface area contributed by atoms with E-state index in [4.69, 9.17) is 0 Å². The predicted molar refractivity (Wildman–Crippen MR) is 56.1 cm³/mol. The van der Waals surface area contributed by atoms with E-state index in [-0.39, 0.29) is 11.5 Å². The molecule has 3 rings (SSSR count). The van der Waals surface area contributed by atoms with E-state index in [0.717, 1.165) is 12.3 Å². The number of rotatable bonds is 1. The summed E-state index contributed by atoms with van der Waals surface area (Å²) >= 11 is 0. The van der Waals surface area contributed by atoms with Crippen LogP contribution in [-0.4, -0.2) is 11.2 Å². The first-order valence-electron chi connectivity index (χ1n) is 5.57. The largest absolute Gasteiger partial charge is 0.392 e. The van der Waals surface area contributed by atoms with Gasteiger partial charge in [-0.1, -0.05) is 36.8 Å². The second-order valence-corrected chi connectivity index (χ2v) is 4.75. The zero-order chi connectivity index (χ0) is 9.60. The lowest BCUT2D eigenvalue weighted by atomic mass is 9.56. The van der Waals surface area contributed by atoms with Gasteiger partial charge in [-0.15, -0.1) is 0 Å². The van der Waals surface area contributed by atoms with Crippen LogP contribution in [0, 0.1) is 5.92 Å². The first-order valence-corrected chi connectivity index (χ1v) is 5.57. The number of hydrogen-bond acceptors (Lipinski definition) is 1. The molecule has 0 spiro atoms. The lowest BCUT2D eigenvalue weighted by Gasteiger charge is -2.50. The molecule has 3 atom stereocenters. The van der Waals surface area contributed by atoms with Crippen LogP contribution >= 0.6 is 0 Å². The van der Waals surface area contributed by atoms with Gasteiger partial charge in [0.05, 0.1) is 6.10 Å². The lowest BCUT2D eigenvalue weighted by molar-refractivity contribution is -0.0461. The smallest absolute Gasteiger partial charge is 0.0642 e. The van der Waals surface area contributed by atoms with Gasteiger partial charge in [0.1, 0.15) is 0 Å².